The first-order chi connectivity index (χ1) is 16.0. The quantitative estimate of drug-likeness (QED) is 0.340. The summed E-state index contributed by atoms with van der Waals surface area (Å²) in [5.74, 6) is -1.21. The lowest BCUT2D eigenvalue weighted by Gasteiger charge is -2.30. The van der Waals surface area contributed by atoms with Crippen LogP contribution in [0.2, 0.25) is 0 Å². The maximum absolute atomic E-state index is 13.3. The molecular formula is C24H27BrN2O5S. The minimum Gasteiger partial charge on any atom is -0.462 e. The Morgan fingerprint density at radius 3 is 2.39 bits per heavy atom. The average molecular weight is 535 g/mol. The van der Waals surface area contributed by atoms with Crippen LogP contribution < -0.4 is 0 Å². The summed E-state index contributed by atoms with van der Waals surface area (Å²) in [4.78, 5) is 31.2. The number of carbonyl (C=O) groups is 2. The van der Waals surface area contributed by atoms with E-state index in [-0.39, 0.29) is 42.1 Å². The maximum Gasteiger partial charge on any atom is 0.344 e. The van der Waals surface area contributed by atoms with E-state index in [9.17, 15) is 14.9 Å². The second kappa shape index (κ2) is 11.7. The molecule has 9 heteroatoms. The van der Waals surface area contributed by atoms with E-state index in [0.717, 1.165) is 48.3 Å². The number of hydrogen-bond acceptors (Lipinski definition) is 8. The van der Waals surface area contributed by atoms with Crippen molar-refractivity contribution in [3.8, 4) is 5.40 Å². The van der Waals surface area contributed by atoms with Crippen molar-refractivity contribution in [2.45, 2.75) is 57.6 Å². The van der Waals surface area contributed by atoms with Crippen LogP contribution in [0.25, 0.3) is 0 Å². The molecule has 1 aliphatic carbocycles. The largest absolute Gasteiger partial charge is 0.462 e. The van der Waals surface area contributed by atoms with E-state index in [1.54, 1.807) is 26.0 Å². The van der Waals surface area contributed by atoms with Crippen molar-refractivity contribution in [1.29, 1.82) is 5.26 Å². The Bertz CT molecular complexity index is 980. The molecule has 0 spiro atoms. The van der Waals surface area contributed by atoms with Crippen molar-refractivity contribution in [3.63, 3.8) is 0 Å². The van der Waals surface area contributed by atoms with Gasteiger partial charge in [-0.2, -0.15) is 5.26 Å². The highest BCUT2D eigenvalue weighted by Gasteiger charge is 2.54. The first-order valence-electron chi connectivity index (χ1n) is 11.1. The third kappa shape index (κ3) is 5.61. The van der Waals surface area contributed by atoms with E-state index in [0.29, 0.717) is 5.56 Å². The Morgan fingerprint density at radius 2 is 1.79 bits per heavy atom. The summed E-state index contributed by atoms with van der Waals surface area (Å²) in [5, 5.41) is 11.4. The van der Waals surface area contributed by atoms with Gasteiger partial charge in [-0.25, -0.2) is 14.6 Å². The Hall–Kier alpha value is -2.31. The molecule has 0 amide bonds. The molecule has 0 aromatic heterocycles. The van der Waals surface area contributed by atoms with Gasteiger partial charge in [0.25, 0.3) is 0 Å². The molecule has 0 N–H and O–H groups in total. The number of hydrogen-bond donors (Lipinski definition) is 0. The molecule has 1 atom stereocenters. The Morgan fingerprint density at radius 1 is 1.15 bits per heavy atom. The van der Waals surface area contributed by atoms with Crippen molar-refractivity contribution in [1.82, 2.24) is 0 Å². The zero-order chi connectivity index (χ0) is 23.8. The van der Waals surface area contributed by atoms with Crippen LogP contribution in [0.5, 0.6) is 0 Å². The highest BCUT2D eigenvalue weighted by molar-refractivity contribution is 9.10. The highest BCUT2D eigenvalue weighted by atomic mass is 79.9. The molecule has 1 saturated carbocycles. The third-order valence-electron chi connectivity index (χ3n) is 5.62. The predicted molar refractivity (Wildman–Crippen MR) is 130 cm³/mol. The molecule has 2 aliphatic rings. The van der Waals surface area contributed by atoms with Gasteiger partial charge in [-0.3, -0.25) is 0 Å². The minimum absolute atomic E-state index is 0.00837. The molecule has 1 aromatic carbocycles. The van der Waals surface area contributed by atoms with E-state index in [2.05, 4.69) is 21.3 Å². The fourth-order valence-corrected chi connectivity index (χ4v) is 5.05. The van der Waals surface area contributed by atoms with Gasteiger partial charge in [0.2, 0.25) is 5.90 Å². The van der Waals surface area contributed by atoms with E-state index < -0.39 is 17.5 Å². The molecule has 33 heavy (non-hydrogen) atoms. The number of thioether (sulfide) groups is 1. The highest BCUT2D eigenvalue weighted by Crippen LogP contribution is 2.46. The van der Waals surface area contributed by atoms with E-state index in [1.807, 2.05) is 12.1 Å². The summed E-state index contributed by atoms with van der Waals surface area (Å²) in [6.45, 7) is 3.65. The second-order valence-corrected chi connectivity index (χ2v) is 9.41. The minimum atomic E-state index is -1.41. The van der Waals surface area contributed by atoms with Crippen LogP contribution in [0.15, 0.2) is 44.9 Å². The van der Waals surface area contributed by atoms with Crippen molar-refractivity contribution < 1.29 is 23.8 Å². The molecule has 0 radical (unpaired) electrons. The van der Waals surface area contributed by atoms with Crippen LogP contribution in [0.1, 0.15) is 51.5 Å². The number of esters is 2. The number of nitriles is 1. The van der Waals surface area contributed by atoms with Gasteiger partial charge in [0.1, 0.15) is 16.5 Å². The van der Waals surface area contributed by atoms with Gasteiger partial charge in [-0.15, -0.1) is 0 Å². The predicted octanol–water partition coefficient (Wildman–Crippen LogP) is 5.04. The number of thiocyanates is 1. The van der Waals surface area contributed by atoms with Gasteiger partial charge in [0.15, 0.2) is 5.60 Å². The van der Waals surface area contributed by atoms with E-state index in [4.69, 9.17) is 19.2 Å². The summed E-state index contributed by atoms with van der Waals surface area (Å²) >= 11 is 4.36. The lowest BCUT2D eigenvalue weighted by atomic mass is 9.86. The molecule has 1 aliphatic heterocycles. The number of benzene rings is 1. The van der Waals surface area contributed by atoms with Crippen molar-refractivity contribution in [2.24, 2.45) is 4.99 Å². The molecule has 1 unspecified atom stereocenters. The van der Waals surface area contributed by atoms with Gasteiger partial charge in [0.05, 0.1) is 25.0 Å². The molecule has 0 bridgehead atoms. The summed E-state index contributed by atoms with van der Waals surface area (Å²) in [6, 6.07) is 7.23. The molecular weight excluding hydrogens is 508 g/mol. The van der Waals surface area contributed by atoms with Gasteiger partial charge in [-0.05, 0) is 50.6 Å². The first kappa shape index (κ1) is 25.3. The number of ether oxygens (including phenoxy) is 3. The van der Waals surface area contributed by atoms with Gasteiger partial charge in [0, 0.05) is 10.0 Å². The Kier molecular flexibility index (Phi) is 8.98. The molecule has 0 saturated heterocycles. The number of halogens is 1. The number of nitrogens with zero attached hydrogens (tertiary/aromatic N) is 2. The normalized spacial score (nSPS) is 22.1. The smallest absolute Gasteiger partial charge is 0.344 e. The number of rotatable bonds is 8. The Balaban J connectivity index is 2.26. The van der Waals surface area contributed by atoms with Gasteiger partial charge >= 0.3 is 11.9 Å². The van der Waals surface area contributed by atoms with E-state index >= 15 is 0 Å². The zero-order valence-electron chi connectivity index (χ0n) is 18.8. The van der Waals surface area contributed by atoms with Crippen molar-refractivity contribution in [2.75, 3.05) is 19.0 Å². The zero-order valence-corrected chi connectivity index (χ0v) is 21.2. The fraction of sp³-hybridized carbons (Fsp3) is 0.500. The Labute approximate surface area is 206 Å². The van der Waals surface area contributed by atoms with Crippen molar-refractivity contribution >= 4 is 45.5 Å². The molecule has 7 nitrogen and oxygen atoms in total. The second-order valence-electron chi connectivity index (χ2n) is 7.73. The third-order valence-corrected chi connectivity index (χ3v) is 6.83. The van der Waals surface area contributed by atoms with Crippen LogP contribution in [0.3, 0.4) is 0 Å². The van der Waals surface area contributed by atoms with Crippen LogP contribution >= 0.6 is 27.7 Å². The lowest BCUT2D eigenvalue weighted by molar-refractivity contribution is -0.142. The summed E-state index contributed by atoms with van der Waals surface area (Å²) < 4.78 is 17.9. The standard InChI is InChI=1S/C24H27BrN2O5S/c1-3-30-22(28)19-20(23(29)31-4-2)24(14-33-15-26,16-10-12-17(25)13-11-16)32-21(19)27-18-8-6-5-7-9-18/h10-13,18H,3-9,14H2,1-2H3. The first-order valence-corrected chi connectivity index (χ1v) is 12.9. The van der Waals surface area contributed by atoms with Crippen LogP contribution in [0, 0.1) is 10.7 Å². The van der Waals surface area contributed by atoms with Crippen LogP contribution in [-0.4, -0.2) is 42.8 Å². The molecule has 1 fully saturated rings. The topological polar surface area (TPSA) is 98.0 Å². The van der Waals surface area contributed by atoms with Crippen LogP contribution in [0.4, 0.5) is 0 Å². The summed E-state index contributed by atoms with van der Waals surface area (Å²) in [5.41, 5.74) is -0.778. The number of carbonyl (C=O) groups excluding carboxylic acids is 2. The van der Waals surface area contributed by atoms with Gasteiger partial charge < -0.3 is 14.2 Å². The fourth-order valence-electron chi connectivity index (χ4n) is 4.15. The summed E-state index contributed by atoms with van der Waals surface area (Å²) in [6.07, 6.45) is 5.02. The van der Waals surface area contributed by atoms with E-state index in [1.165, 1.54) is 0 Å². The number of aliphatic imine (C=N–C) groups is 1. The van der Waals surface area contributed by atoms with Gasteiger partial charge in [-0.1, -0.05) is 47.3 Å². The van der Waals surface area contributed by atoms with Crippen molar-refractivity contribution in [3.05, 3.63) is 45.4 Å². The molecule has 1 heterocycles. The molecule has 176 valence electrons. The molecule has 3 rings (SSSR count). The average Bonchev–Trinajstić information content (AvgIpc) is 3.14. The monoisotopic (exact) mass is 534 g/mol. The maximum atomic E-state index is 13.3. The lowest BCUT2D eigenvalue weighted by Crippen LogP contribution is -2.36. The van der Waals surface area contributed by atoms with Crippen LogP contribution in [-0.2, 0) is 29.4 Å². The summed E-state index contributed by atoms with van der Waals surface area (Å²) in [7, 11) is 0. The molecule has 1 aromatic rings. The SMILES string of the molecule is CCOC(=O)C1=C(C(=O)OCC)C(CSC#N)(c2ccc(Br)cc2)OC1=NC1CCCCC1.